The molecule has 31 heavy (non-hydrogen) atoms. The molecule has 2 aromatic carbocycles. The number of amides is 2. The van der Waals surface area contributed by atoms with E-state index < -0.39 is 10.8 Å². The molecule has 0 saturated carbocycles. The van der Waals surface area contributed by atoms with E-state index >= 15 is 0 Å². The van der Waals surface area contributed by atoms with Crippen molar-refractivity contribution >= 4 is 28.8 Å². The van der Waals surface area contributed by atoms with Crippen LogP contribution in [-0.2, 0) is 9.59 Å². The fraction of sp³-hybridized carbons (Fsp3) is 0.304. The molecule has 4 rings (SSSR count). The van der Waals surface area contributed by atoms with Gasteiger partial charge in [0, 0.05) is 38.3 Å². The minimum atomic E-state index is -0.484. The third-order valence-electron chi connectivity index (χ3n) is 5.99. The van der Waals surface area contributed by atoms with E-state index in [0.717, 1.165) is 24.2 Å². The number of piperazine rings is 1. The van der Waals surface area contributed by atoms with Crippen molar-refractivity contribution in [3.05, 3.63) is 75.0 Å². The molecular formula is C23H24N4O4. The Hall–Kier alpha value is -3.52. The topological polar surface area (TPSA) is 87.0 Å². The Morgan fingerprint density at radius 2 is 1.52 bits per heavy atom. The third kappa shape index (κ3) is 3.70. The zero-order chi connectivity index (χ0) is 22.3. The van der Waals surface area contributed by atoms with Gasteiger partial charge in [0.25, 0.3) is 17.5 Å². The van der Waals surface area contributed by atoms with Crippen molar-refractivity contribution in [2.24, 2.45) is 0 Å². The molecule has 2 aliphatic rings. The van der Waals surface area contributed by atoms with E-state index in [1.807, 2.05) is 37.9 Å². The number of nitro benzene ring substituents is 1. The summed E-state index contributed by atoms with van der Waals surface area (Å²) in [5.74, 6) is -0.762. The molecule has 0 spiro atoms. The number of carbonyl (C=O) groups is 2. The van der Waals surface area contributed by atoms with Crippen LogP contribution >= 0.6 is 0 Å². The van der Waals surface area contributed by atoms with E-state index in [0.29, 0.717) is 35.6 Å². The molecule has 0 radical (unpaired) electrons. The van der Waals surface area contributed by atoms with Gasteiger partial charge in [-0.15, -0.1) is 0 Å². The molecule has 1 fully saturated rings. The standard InChI is InChI=1S/C23H24N4O4/c1-15-4-7-19(14-16(15)2)26-22(28)20(17-5-8-18(9-6-17)27(30)31)21(23(26)29)25-12-10-24(3)11-13-25/h4-9,14H,10-13H2,1-3H3. The second kappa shape index (κ2) is 7.96. The van der Waals surface area contributed by atoms with Crippen molar-refractivity contribution in [1.82, 2.24) is 9.80 Å². The number of hydrogen-bond donors (Lipinski definition) is 0. The zero-order valence-electron chi connectivity index (χ0n) is 17.8. The summed E-state index contributed by atoms with van der Waals surface area (Å²) in [5, 5.41) is 11.0. The Labute approximate surface area is 180 Å². The maximum absolute atomic E-state index is 13.5. The van der Waals surface area contributed by atoms with Crippen molar-refractivity contribution in [1.29, 1.82) is 0 Å². The lowest BCUT2D eigenvalue weighted by Crippen LogP contribution is -2.46. The van der Waals surface area contributed by atoms with Crippen LogP contribution in [0.2, 0.25) is 0 Å². The Balaban J connectivity index is 1.80. The van der Waals surface area contributed by atoms with Crippen LogP contribution in [0.4, 0.5) is 11.4 Å². The van der Waals surface area contributed by atoms with Gasteiger partial charge in [0.2, 0.25) is 0 Å². The number of likely N-dealkylation sites (N-methyl/N-ethyl adjacent to an activating group) is 1. The maximum Gasteiger partial charge on any atom is 0.282 e. The van der Waals surface area contributed by atoms with Gasteiger partial charge < -0.3 is 9.80 Å². The lowest BCUT2D eigenvalue weighted by molar-refractivity contribution is -0.384. The van der Waals surface area contributed by atoms with Crippen LogP contribution in [0.3, 0.4) is 0 Å². The highest BCUT2D eigenvalue weighted by Crippen LogP contribution is 2.36. The molecule has 160 valence electrons. The van der Waals surface area contributed by atoms with Gasteiger partial charge in [-0.2, -0.15) is 0 Å². The molecule has 0 aromatic heterocycles. The van der Waals surface area contributed by atoms with E-state index in [1.54, 1.807) is 18.2 Å². The number of anilines is 1. The van der Waals surface area contributed by atoms with Gasteiger partial charge in [0.1, 0.15) is 5.70 Å². The van der Waals surface area contributed by atoms with Crippen LogP contribution in [0, 0.1) is 24.0 Å². The van der Waals surface area contributed by atoms with Gasteiger partial charge in [-0.3, -0.25) is 19.7 Å². The second-order valence-electron chi connectivity index (χ2n) is 8.03. The van der Waals surface area contributed by atoms with Gasteiger partial charge in [0.05, 0.1) is 16.2 Å². The summed E-state index contributed by atoms with van der Waals surface area (Å²) in [6.45, 7) is 6.73. The van der Waals surface area contributed by atoms with Crippen LogP contribution in [0.25, 0.3) is 5.57 Å². The van der Waals surface area contributed by atoms with E-state index in [4.69, 9.17) is 0 Å². The molecule has 0 N–H and O–H groups in total. The quantitative estimate of drug-likeness (QED) is 0.429. The summed E-state index contributed by atoms with van der Waals surface area (Å²) in [6, 6.07) is 11.3. The Bertz CT molecular complexity index is 1100. The number of non-ortho nitro benzene ring substituents is 1. The number of nitro groups is 1. The van der Waals surface area contributed by atoms with E-state index in [1.165, 1.54) is 17.0 Å². The minimum Gasteiger partial charge on any atom is -0.364 e. The van der Waals surface area contributed by atoms with Crippen molar-refractivity contribution in [3.8, 4) is 0 Å². The van der Waals surface area contributed by atoms with Gasteiger partial charge in [-0.1, -0.05) is 6.07 Å². The molecule has 0 atom stereocenters. The SMILES string of the molecule is Cc1ccc(N2C(=O)C(c3ccc([N+](=O)[O-])cc3)=C(N3CCN(C)CC3)C2=O)cc1C. The Kier molecular flexibility index (Phi) is 5.32. The highest BCUT2D eigenvalue weighted by atomic mass is 16.6. The molecule has 8 nitrogen and oxygen atoms in total. The fourth-order valence-corrected chi connectivity index (χ4v) is 3.95. The van der Waals surface area contributed by atoms with E-state index in [-0.39, 0.29) is 11.6 Å². The third-order valence-corrected chi connectivity index (χ3v) is 5.99. The molecule has 0 aliphatic carbocycles. The normalized spacial score (nSPS) is 17.6. The number of imide groups is 1. The van der Waals surface area contributed by atoms with Gasteiger partial charge in [-0.25, -0.2) is 4.90 Å². The Morgan fingerprint density at radius 1 is 0.871 bits per heavy atom. The first-order valence-electron chi connectivity index (χ1n) is 10.2. The first kappa shape index (κ1) is 20.7. The lowest BCUT2D eigenvalue weighted by Gasteiger charge is -2.34. The predicted molar refractivity (Wildman–Crippen MR) is 117 cm³/mol. The molecule has 1 saturated heterocycles. The monoisotopic (exact) mass is 420 g/mol. The molecule has 2 heterocycles. The summed E-state index contributed by atoms with van der Waals surface area (Å²) in [6.07, 6.45) is 0. The average Bonchev–Trinajstić information content (AvgIpc) is 3.01. The molecule has 0 unspecified atom stereocenters. The summed E-state index contributed by atoms with van der Waals surface area (Å²) >= 11 is 0. The molecule has 2 aliphatic heterocycles. The molecule has 2 aromatic rings. The lowest BCUT2D eigenvalue weighted by atomic mass is 10.0. The number of benzene rings is 2. The molecular weight excluding hydrogens is 396 g/mol. The van der Waals surface area contributed by atoms with Crippen LogP contribution in [-0.4, -0.2) is 59.8 Å². The highest BCUT2D eigenvalue weighted by Gasteiger charge is 2.43. The zero-order valence-corrected chi connectivity index (χ0v) is 17.8. The first-order chi connectivity index (χ1) is 14.8. The van der Waals surface area contributed by atoms with Crippen LogP contribution < -0.4 is 4.90 Å². The number of hydrogen-bond acceptors (Lipinski definition) is 6. The minimum absolute atomic E-state index is 0.0618. The summed E-state index contributed by atoms with van der Waals surface area (Å²) < 4.78 is 0. The van der Waals surface area contributed by atoms with Crippen molar-refractivity contribution in [2.45, 2.75) is 13.8 Å². The molecule has 8 heteroatoms. The molecule has 0 bridgehead atoms. The van der Waals surface area contributed by atoms with E-state index in [9.17, 15) is 19.7 Å². The summed E-state index contributed by atoms with van der Waals surface area (Å²) in [5.41, 5.74) is 3.70. The van der Waals surface area contributed by atoms with Gasteiger partial charge in [0.15, 0.2) is 0 Å². The highest BCUT2D eigenvalue weighted by molar-refractivity contribution is 6.45. The first-order valence-corrected chi connectivity index (χ1v) is 10.2. The van der Waals surface area contributed by atoms with Crippen LogP contribution in [0.15, 0.2) is 48.2 Å². The van der Waals surface area contributed by atoms with Gasteiger partial charge >= 0.3 is 0 Å². The number of aryl methyl sites for hydroxylation is 2. The van der Waals surface area contributed by atoms with E-state index in [2.05, 4.69) is 4.90 Å². The van der Waals surface area contributed by atoms with Crippen LogP contribution in [0.5, 0.6) is 0 Å². The molecule has 2 amide bonds. The fourth-order valence-electron chi connectivity index (χ4n) is 3.95. The predicted octanol–water partition coefficient (Wildman–Crippen LogP) is 2.74. The van der Waals surface area contributed by atoms with Crippen molar-refractivity contribution in [2.75, 3.05) is 38.1 Å². The largest absolute Gasteiger partial charge is 0.364 e. The van der Waals surface area contributed by atoms with Crippen molar-refractivity contribution < 1.29 is 14.5 Å². The Morgan fingerprint density at radius 3 is 2.10 bits per heavy atom. The van der Waals surface area contributed by atoms with Crippen molar-refractivity contribution in [3.63, 3.8) is 0 Å². The number of nitrogens with zero attached hydrogens (tertiary/aromatic N) is 4. The van der Waals surface area contributed by atoms with Gasteiger partial charge in [-0.05, 0) is 61.9 Å². The number of rotatable bonds is 4. The maximum atomic E-state index is 13.5. The summed E-state index contributed by atoms with van der Waals surface area (Å²) in [4.78, 5) is 43.0. The van der Waals surface area contributed by atoms with Crippen LogP contribution in [0.1, 0.15) is 16.7 Å². The number of carbonyl (C=O) groups excluding carboxylic acids is 2. The second-order valence-corrected chi connectivity index (χ2v) is 8.03. The smallest absolute Gasteiger partial charge is 0.282 e. The summed E-state index contributed by atoms with van der Waals surface area (Å²) in [7, 11) is 2.02. The average molecular weight is 420 g/mol.